The number of hydrogen-bond acceptors (Lipinski definition) is 3. The van der Waals surface area contributed by atoms with Crippen LogP contribution in [-0.4, -0.2) is 19.3 Å². The Hall–Kier alpha value is -1.65. The third kappa shape index (κ3) is 3.96. The summed E-state index contributed by atoms with van der Waals surface area (Å²) < 4.78 is 5.22. The second-order valence-electron chi connectivity index (χ2n) is 4.81. The van der Waals surface area contributed by atoms with Gasteiger partial charge in [-0.25, -0.2) is 0 Å². The molecule has 5 heteroatoms. The van der Waals surface area contributed by atoms with E-state index >= 15 is 0 Å². The number of carbonyl (C=O) groups is 1. The molecule has 116 valence electrons. The van der Waals surface area contributed by atoms with Crippen LogP contribution < -0.4 is 10.1 Å². The predicted molar refractivity (Wildman–Crippen MR) is 92.1 cm³/mol. The van der Waals surface area contributed by atoms with Gasteiger partial charge >= 0.3 is 0 Å². The molecule has 0 fully saturated rings. The first-order chi connectivity index (χ1) is 10.5. The minimum atomic E-state index is -0.208. The first-order valence-electron chi connectivity index (χ1n) is 6.83. The largest absolute Gasteiger partial charge is 0.496 e. The van der Waals surface area contributed by atoms with Crippen LogP contribution >= 0.6 is 23.4 Å². The summed E-state index contributed by atoms with van der Waals surface area (Å²) in [5.41, 5.74) is 1.48. The molecule has 0 heterocycles. The van der Waals surface area contributed by atoms with Crippen LogP contribution in [0.3, 0.4) is 0 Å². The van der Waals surface area contributed by atoms with Gasteiger partial charge in [0.25, 0.3) is 5.91 Å². The maximum atomic E-state index is 12.4. The van der Waals surface area contributed by atoms with Crippen LogP contribution in [0, 0.1) is 0 Å². The van der Waals surface area contributed by atoms with E-state index in [0.29, 0.717) is 16.3 Å². The Balaban J connectivity index is 2.15. The van der Waals surface area contributed by atoms with Crippen LogP contribution in [0.5, 0.6) is 5.75 Å². The maximum absolute atomic E-state index is 12.4. The highest BCUT2D eigenvalue weighted by molar-refractivity contribution is 7.98. The Morgan fingerprint density at radius 2 is 1.91 bits per heavy atom. The molecule has 2 rings (SSSR count). The quantitative estimate of drug-likeness (QED) is 0.814. The molecule has 0 aliphatic carbocycles. The van der Waals surface area contributed by atoms with Crippen molar-refractivity contribution < 1.29 is 9.53 Å². The number of nitrogens with one attached hydrogen (secondary N) is 1. The summed E-state index contributed by atoms with van der Waals surface area (Å²) in [5, 5.41) is 3.47. The summed E-state index contributed by atoms with van der Waals surface area (Å²) in [7, 11) is 1.53. The molecule has 0 aromatic heterocycles. The number of methoxy groups -OCH3 is 1. The smallest absolute Gasteiger partial charge is 0.255 e. The van der Waals surface area contributed by atoms with Crippen molar-refractivity contribution in [1.82, 2.24) is 5.32 Å². The zero-order valence-corrected chi connectivity index (χ0v) is 14.3. The number of hydrogen-bond donors (Lipinski definition) is 1. The number of ether oxygens (including phenoxy) is 1. The Morgan fingerprint density at radius 1 is 1.23 bits per heavy atom. The van der Waals surface area contributed by atoms with Crippen molar-refractivity contribution in [3.8, 4) is 5.75 Å². The average Bonchev–Trinajstić information content (AvgIpc) is 2.54. The van der Waals surface area contributed by atoms with Crippen molar-refractivity contribution in [2.45, 2.75) is 17.9 Å². The minimum absolute atomic E-state index is 0.105. The normalized spacial score (nSPS) is 11.8. The molecule has 0 aliphatic heterocycles. The van der Waals surface area contributed by atoms with Gasteiger partial charge in [0.1, 0.15) is 5.75 Å². The van der Waals surface area contributed by atoms with E-state index in [1.54, 1.807) is 30.0 Å². The van der Waals surface area contributed by atoms with Gasteiger partial charge < -0.3 is 10.1 Å². The summed E-state index contributed by atoms with van der Waals surface area (Å²) >= 11 is 7.65. The van der Waals surface area contributed by atoms with Crippen molar-refractivity contribution in [2.24, 2.45) is 0 Å². The maximum Gasteiger partial charge on any atom is 0.255 e. The zero-order valence-electron chi connectivity index (χ0n) is 12.7. The number of thioether (sulfide) groups is 1. The highest BCUT2D eigenvalue weighted by atomic mass is 35.5. The molecule has 0 bridgehead atoms. The SMILES string of the molecule is COc1ccc(Cl)cc1C(=O)NC(C)c1ccc(SC)cc1. The Morgan fingerprint density at radius 3 is 2.50 bits per heavy atom. The lowest BCUT2D eigenvalue weighted by Crippen LogP contribution is -2.27. The van der Waals surface area contributed by atoms with Gasteiger partial charge in [-0.1, -0.05) is 23.7 Å². The standard InChI is InChI=1S/C17H18ClNO2S/c1-11(12-4-7-14(22-3)8-5-12)19-17(20)15-10-13(18)6-9-16(15)21-2/h4-11H,1-3H3,(H,19,20). The van der Waals surface area contributed by atoms with Crippen molar-refractivity contribution in [2.75, 3.05) is 13.4 Å². The first kappa shape index (κ1) is 16.7. The number of carbonyl (C=O) groups excluding carboxylic acids is 1. The number of benzene rings is 2. The average molecular weight is 336 g/mol. The fourth-order valence-corrected chi connectivity index (χ4v) is 2.69. The Bertz CT molecular complexity index is 658. The third-order valence-corrected chi connectivity index (χ3v) is 4.35. The molecular formula is C17H18ClNO2S. The van der Waals surface area contributed by atoms with Crippen LogP contribution in [0.15, 0.2) is 47.4 Å². The van der Waals surface area contributed by atoms with E-state index in [9.17, 15) is 4.79 Å². The van der Waals surface area contributed by atoms with E-state index in [1.807, 2.05) is 37.4 Å². The number of halogens is 1. The Labute approximate surface area is 140 Å². The molecule has 0 spiro atoms. The molecule has 0 saturated heterocycles. The second-order valence-corrected chi connectivity index (χ2v) is 6.13. The van der Waals surface area contributed by atoms with Crippen LogP contribution in [0.2, 0.25) is 5.02 Å². The van der Waals surface area contributed by atoms with Gasteiger partial charge in [-0.3, -0.25) is 4.79 Å². The topological polar surface area (TPSA) is 38.3 Å². The lowest BCUT2D eigenvalue weighted by atomic mass is 10.1. The lowest BCUT2D eigenvalue weighted by Gasteiger charge is -2.16. The Kier molecular flexibility index (Phi) is 5.75. The molecular weight excluding hydrogens is 318 g/mol. The summed E-state index contributed by atoms with van der Waals surface area (Å²) in [4.78, 5) is 13.6. The molecule has 1 N–H and O–H groups in total. The molecule has 0 saturated carbocycles. The van der Waals surface area contributed by atoms with Crippen molar-refractivity contribution in [3.63, 3.8) is 0 Å². The highest BCUT2D eigenvalue weighted by Crippen LogP contribution is 2.24. The summed E-state index contributed by atoms with van der Waals surface area (Å²) in [5.74, 6) is 0.299. The third-order valence-electron chi connectivity index (χ3n) is 3.37. The van der Waals surface area contributed by atoms with Crippen molar-refractivity contribution in [1.29, 1.82) is 0 Å². The summed E-state index contributed by atoms with van der Waals surface area (Å²) in [6.45, 7) is 1.95. The van der Waals surface area contributed by atoms with Gasteiger partial charge in [-0.05, 0) is 49.1 Å². The first-order valence-corrected chi connectivity index (χ1v) is 8.43. The van der Waals surface area contributed by atoms with Gasteiger partial charge in [0.05, 0.1) is 18.7 Å². The number of amides is 1. The van der Waals surface area contributed by atoms with E-state index in [0.717, 1.165) is 5.56 Å². The van der Waals surface area contributed by atoms with E-state index in [1.165, 1.54) is 12.0 Å². The molecule has 3 nitrogen and oxygen atoms in total. The van der Waals surface area contributed by atoms with Crippen LogP contribution in [0.1, 0.15) is 28.9 Å². The molecule has 2 aromatic rings. The molecule has 2 aromatic carbocycles. The molecule has 22 heavy (non-hydrogen) atoms. The number of rotatable bonds is 5. The second kappa shape index (κ2) is 7.56. The van der Waals surface area contributed by atoms with Gasteiger partial charge in [0.2, 0.25) is 0 Å². The molecule has 1 amide bonds. The molecule has 0 aliphatic rings. The fourth-order valence-electron chi connectivity index (χ4n) is 2.11. The summed E-state index contributed by atoms with van der Waals surface area (Å²) in [6.07, 6.45) is 2.03. The van der Waals surface area contributed by atoms with Crippen LogP contribution in [0.4, 0.5) is 0 Å². The predicted octanol–water partition coefficient (Wildman–Crippen LogP) is 4.56. The highest BCUT2D eigenvalue weighted by Gasteiger charge is 2.16. The van der Waals surface area contributed by atoms with E-state index < -0.39 is 0 Å². The summed E-state index contributed by atoms with van der Waals surface area (Å²) in [6, 6.07) is 13.0. The molecule has 1 atom stereocenters. The minimum Gasteiger partial charge on any atom is -0.496 e. The van der Waals surface area contributed by atoms with Crippen molar-refractivity contribution in [3.05, 3.63) is 58.6 Å². The van der Waals surface area contributed by atoms with Gasteiger partial charge in [0, 0.05) is 9.92 Å². The molecule has 0 radical (unpaired) electrons. The van der Waals surface area contributed by atoms with Gasteiger partial charge in [-0.15, -0.1) is 11.8 Å². The molecule has 1 unspecified atom stereocenters. The van der Waals surface area contributed by atoms with Crippen LogP contribution in [-0.2, 0) is 0 Å². The monoisotopic (exact) mass is 335 g/mol. The van der Waals surface area contributed by atoms with Gasteiger partial charge in [0.15, 0.2) is 0 Å². The zero-order chi connectivity index (χ0) is 16.1. The van der Waals surface area contributed by atoms with Crippen LogP contribution in [0.25, 0.3) is 0 Å². The fraction of sp³-hybridized carbons (Fsp3) is 0.235. The van der Waals surface area contributed by atoms with Gasteiger partial charge in [-0.2, -0.15) is 0 Å². The van der Waals surface area contributed by atoms with Crippen molar-refractivity contribution >= 4 is 29.3 Å². The van der Waals surface area contributed by atoms with E-state index in [2.05, 4.69) is 5.32 Å². The van der Waals surface area contributed by atoms with E-state index in [-0.39, 0.29) is 11.9 Å². The lowest BCUT2D eigenvalue weighted by molar-refractivity contribution is 0.0937. The van der Waals surface area contributed by atoms with E-state index in [4.69, 9.17) is 16.3 Å².